The van der Waals surface area contributed by atoms with Gasteiger partial charge in [-0.05, 0) is 20.8 Å². The maximum Gasteiger partial charge on any atom is 0.301 e. The molecular weight excluding hydrogens is 288 g/mol. The van der Waals surface area contributed by atoms with Gasteiger partial charge in [0.2, 0.25) is 0 Å². The molecule has 5 heterocycles. The molecule has 4 atom stereocenters. The molecule has 2 saturated heterocycles. The Hall–Kier alpha value is -1.77. The third kappa shape index (κ3) is 1.44. The first-order chi connectivity index (χ1) is 10.4. The largest absolute Gasteiger partial charge is 0.347 e. The first-order valence-corrected chi connectivity index (χ1v) is 7.40. The topological polar surface area (TPSA) is 80.4 Å². The molecule has 2 bridgehead atoms. The Labute approximate surface area is 125 Å². The van der Waals surface area contributed by atoms with E-state index in [-0.39, 0.29) is 30.1 Å². The average molecular weight is 304 g/mol. The maximum absolute atomic E-state index is 12.1. The second kappa shape index (κ2) is 3.76. The van der Waals surface area contributed by atoms with E-state index in [9.17, 15) is 4.79 Å². The Morgan fingerprint density at radius 3 is 2.91 bits per heavy atom. The van der Waals surface area contributed by atoms with Gasteiger partial charge in [0.1, 0.15) is 29.8 Å². The van der Waals surface area contributed by atoms with Crippen molar-refractivity contribution in [3.8, 4) is 0 Å². The number of rotatable bonds is 0. The zero-order valence-corrected chi connectivity index (χ0v) is 12.5. The van der Waals surface area contributed by atoms with Crippen LogP contribution in [0.4, 0.5) is 0 Å². The highest BCUT2D eigenvalue weighted by Gasteiger charge is 2.57. The van der Waals surface area contributed by atoms with Gasteiger partial charge in [0.15, 0.2) is 17.5 Å². The van der Waals surface area contributed by atoms with Crippen LogP contribution in [0.5, 0.6) is 0 Å². The van der Waals surface area contributed by atoms with E-state index < -0.39 is 5.79 Å². The lowest BCUT2D eigenvalue weighted by molar-refractivity contribution is -0.196. The van der Waals surface area contributed by atoms with E-state index in [2.05, 4.69) is 9.97 Å². The highest BCUT2D eigenvalue weighted by atomic mass is 16.8. The third-order valence-corrected chi connectivity index (χ3v) is 4.64. The number of fused-ring (bicyclic) bond motifs is 6. The molecule has 0 aromatic carbocycles. The molecule has 2 aromatic rings. The molecule has 2 aromatic heterocycles. The number of aromatic nitrogens is 4. The summed E-state index contributed by atoms with van der Waals surface area (Å²) >= 11 is 0. The summed E-state index contributed by atoms with van der Waals surface area (Å²) in [6.07, 6.45) is 0.826. The van der Waals surface area contributed by atoms with E-state index in [4.69, 9.17) is 14.2 Å². The van der Waals surface area contributed by atoms with Crippen molar-refractivity contribution in [2.24, 2.45) is 0 Å². The quantitative estimate of drug-likeness (QED) is 0.698. The molecule has 5 rings (SSSR count). The van der Waals surface area contributed by atoms with E-state index in [0.29, 0.717) is 17.9 Å². The van der Waals surface area contributed by atoms with Crippen molar-refractivity contribution in [2.45, 2.75) is 57.6 Å². The minimum atomic E-state index is -0.631. The van der Waals surface area contributed by atoms with Crippen LogP contribution in [0.1, 0.15) is 25.9 Å². The monoisotopic (exact) mass is 304 g/mol. The summed E-state index contributed by atoms with van der Waals surface area (Å²) in [7, 11) is 0. The van der Waals surface area contributed by atoms with Crippen LogP contribution < -0.4 is 5.56 Å². The van der Waals surface area contributed by atoms with Crippen LogP contribution in [0.3, 0.4) is 0 Å². The molecule has 8 nitrogen and oxygen atoms in total. The van der Waals surface area contributed by atoms with Gasteiger partial charge in [-0.3, -0.25) is 9.36 Å². The van der Waals surface area contributed by atoms with Gasteiger partial charge >= 0.3 is 5.56 Å². The summed E-state index contributed by atoms with van der Waals surface area (Å²) in [6.45, 7) is 6.20. The number of imidazole rings is 1. The van der Waals surface area contributed by atoms with Crippen molar-refractivity contribution < 1.29 is 14.2 Å². The van der Waals surface area contributed by atoms with Crippen molar-refractivity contribution in [1.29, 1.82) is 0 Å². The molecule has 2 fully saturated rings. The Morgan fingerprint density at radius 2 is 2.09 bits per heavy atom. The summed E-state index contributed by atoms with van der Waals surface area (Å²) in [5.41, 5.74) is 0.814. The highest BCUT2D eigenvalue weighted by molar-refractivity contribution is 5.70. The Balaban J connectivity index is 1.76. The molecule has 0 amide bonds. The summed E-state index contributed by atoms with van der Waals surface area (Å²) < 4.78 is 22.0. The van der Waals surface area contributed by atoms with Gasteiger partial charge in [-0.1, -0.05) is 0 Å². The van der Waals surface area contributed by atoms with Gasteiger partial charge < -0.3 is 18.8 Å². The fraction of sp³-hybridized carbons (Fsp3) is 0.643. The van der Waals surface area contributed by atoms with E-state index in [1.54, 1.807) is 6.33 Å². The molecular formula is C14H16N4O4. The van der Waals surface area contributed by atoms with Crippen LogP contribution in [0.25, 0.3) is 11.2 Å². The summed E-state index contributed by atoms with van der Waals surface area (Å²) in [4.78, 5) is 20.4. The van der Waals surface area contributed by atoms with E-state index >= 15 is 0 Å². The number of ether oxygens (including phenoxy) is 3. The van der Waals surface area contributed by atoms with Crippen molar-refractivity contribution in [1.82, 2.24) is 19.1 Å². The molecule has 0 N–H and O–H groups in total. The van der Waals surface area contributed by atoms with Gasteiger partial charge in [0.05, 0.1) is 12.9 Å². The Kier molecular flexibility index (Phi) is 2.18. The Morgan fingerprint density at radius 1 is 1.32 bits per heavy atom. The first kappa shape index (κ1) is 12.7. The van der Waals surface area contributed by atoms with Crippen molar-refractivity contribution in [2.75, 3.05) is 0 Å². The number of hydrogen-bond donors (Lipinski definition) is 0. The standard InChI is InChI=1S/C14H16N4O4/c1-6-16-11(19)8-12-17(6)4-7-9-10(22-14(2,3)21-9)13(20-7)18(12)5-15-8/h5,7,9-10,13H,4H2,1-3H3/t7-,9+,10?,13-/m1/s1. The van der Waals surface area contributed by atoms with Crippen LogP contribution in [0.15, 0.2) is 11.1 Å². The molecule has 0 spiro atoms. The van der Waals surface area contributed by atoms with Crippen LogP contribution in [-0.4, -0.2) is 43.2 Å². The fourth-order valence-corrected chi connectivity index (χ4v) is 3.80. The van der Waals surface area contributed by atoms with Crippen LogP contribution in [0, 0.1) is 6.92 Å². The number of aryl methyl sites for hydroxylation is 1. The van der Waals surface area contributed by atoms with Gasteiger partial charge in [-0.15, -0.1) is 0 Å². The second-order valence-electron chi connectivity index (χ2n) is 6.53. The van der Waals surface area contributed by atoms with Gasteiger partial charge in [0.25, 0.3) is 0 Å². The van der Waals surface area contributed by atoms with Crippen molar-refractivity contribution >= 4 is 11.2 Å². The minimum absolute atomic E-state index is 0.135. The molecule has 3 aliphatic heterocycles. The molecule has 8 heteroatoms. The molecule has 1 unspecified atom stereocenters. The van der Waals surface area contributed by atoms with Gasteiger partial charge in [-0.2, -0.15) is 4.98 Å². The van der Waals surface area contributed by atoms with Crippen LogP contribution >= 0.6 is 0 Å². The van der Waals surface area contributed by atoms with E-state index in [1.165, 1.54) is 0 Å². The molecule has 3 aliphatic rings. The van der Waals surface area contributed by atoms with E-state index in [0.717, 1.165) is 5.65 Å². The molecule has 22 heavy (non-hydrogen) atoms. The zero-order valence-electron chi connectivity index (χ0n) is 12.5. The summed E-state index contributed by atoms with van der Waals surface area (Å²) in [5.74, 6) is 0.0261. The predicted octanol–water partition coefficient (Wildman–Crippen LogP) is 0.333. The first-order valence-electron chi connectivity index (χ1n) is 7.40. The molecule has 0 aliphatic carbocycles. The minimum Gasteiger partial charge on any atom is -0.347 e. The van der Waals surface area contributed by atoms with Crippen molar-refractivity contribution in [3.05, 3.63) is 22.5 Å². The number of nitrogens with zero attached hydrogens (tertiary/aromatic N) is 4. The normalized spacial score (nSPS) is 34.9. The van der Waals surface area contributed by atoms with Gasteiger partial charge in [-0.25, -0.2) is 4.98 Å². The SMILES string of the molecule is Cc1nc(=O)c2ncn3c2n1C[C@H]1O[C@@H]3C2OC(C)(C)O[C@H]21. The lowest BCUT2D eigenvalue weighted by Gasteiger charge is -2.23. The smallest absolute Gasteiger partial charge is 0.301 e. The van der Waals surface area contributed by atoms with E-state index in [1.807, 2.05) is 29.9 Å². The lowest BCUT2D eigenvalue weighted by Crippen LogP contribution is -2.35. The lowest BCUT2D eigenvalue weighted by atomic mass is 10.1. The van der Waals surface area contributed by atoms with Crippen LogP contribution in [-0.2, 0) is 20.8 Å². The summed E-state index contributed by atoms with van der Waals surface area (Å²) in [5, 5.41) is 0. The second-order valence-corrected chi connectivity index (χ2v) is 6.53. The third-order valence-electron chi connectivity index (χ3n) is 4.64. The Bertz CT molecular complexity index is 854. The zero-order chi connectivity index (χ0) is 15.2. The van der Waals surface area contributed by atoms with Gasteiger partial charge in [0, 0.05) is 0 Å². The fourth-order valence-electron chi connectivity index (χ4n) is 3.80. The molecule has 116 valence electrons. The average Bonchev–Trinajstić information content (AvgIpc) is 3.03. The maximum atomic E-state index is 12.1. The molecule has 0 radical (unpaired) electrons. The summed E-state index contributed by atoms with van der Waals surface area (Å²) in [6, 6.07) is 0. The van der Waals surface area contributed by atoms with Crippen molar-refractivity contribution in [3.63, 3.8) is 0 Å². The molecule has 0 saturated carbocycles. The van der Waals surface area contributed by atoms with Crippen LogP contribution in [0.2, 0.25) is 0 Å². The predicted molar refractivity (Wildman–Crippen MR) is 74.3 cm³/mol. The highest BCUT2D eigenvalue weighted by Crippen LogP contribution is 2.45. The number of hydrogen-bond acceptors (Lipinski definition) is 6.